The van der Waals surface area contributed by atoms with E-state index < -0.39 is 12.3 Å². The molecule has 1 atom stereocenters. The second kappa shape index (κ2) is 19.3. The molecular formula is C29H46O4. The predicted octanol–water partition coefficient (Wildman–Crippen LogP) is 8.65. The van der Waals surface area contributed by atoms with E-state index in [-0.39, 0.29) is 5.95 Å². The number of rotatable bonds is 21. The molecule has 0 aliphatic heterocycles. The molecule has 1 aromatic carbocycles. The van der Waals surface area contributed by atoms with Crippen molar-refractivity contribution >= 4 is 5.97 Å². The van der Waals surface area contributed by atoms with Crippen molar-refractivity contribution in [3.05, 3.63) is 55.0 Å². The van der Waals surface area contributed by atoms with Crippen molar-refractivity contribution in [2.24, 2.45) is 0 Å². The number of hydrogen-bond acceptors (Lipinski definition) is 4. The maximum Gasteiger partial charge on any atom is 0.337 e. The van der Waals surface area contributed by atoms with Gasteiger partial charge in [0.1, 0.15) is 5.75 Å². The first-order chi connectivity index (χ1) is 16.1. The van der Waals surface area contributed by atoms with Crippen LogP contribution in [0.4, 0.5) is 0 Å². The SMILES string of the molecule is C=CC(=O)OC(=C)OC(CCCCCCCC)Oc1ccc(CCCCCCCCC)cc1. The van der Waals surface area contributed by atoms with Crippen LogP contribution >= 0.6 is 0 Å². The molecule has 1 aromatic rings. The number of esters is 1. The van der Waals surface area contributed by atoms with Gasteiger partial charge in [-0.3, -0.25) is 0 Å². The Morgan fingerprint density at radius 2 is 1.39 bits per heavy atom. The first-order valence-electron chi connectivity index (χ1n) is 13.0. The predicted molar refractivity (Wildman–Crippen MR) is 137 cm³/mol. The number of unbranched alkanes of at least 4 members (excludes halogenated alkanes) is 11. The van der Waals surface area contributed by atoms with Gasteiger partial charge in [0.15, 0.2) is 0 Å². The van der Waals surface area contributed by atoms with Crippen molar-refractivity contribution in [1.29, 1.82) is 0 Å². The molecule has 1 rings (SSSR count). The Balaban J connectivity index is 2.48. The number of carbonyl (C=O) groups is 1. The molecule has 0 heterocycles. The van der Waals surface area contributed by atoms with Gasteiger partial charge in [-0.2, -0.15) is 0 Å². The van der Waals surface area contributed by atoms with E-state index >= 15 is 0 Å². The molecule has 186 valence electrons. The van der Waals surface area contributed by atoms with Crippen molar-refractivity contribution in [3.8, 4) is 5.75 Å². The van der Waals surface area contributed by atoms with E-state index in [0.717, 1.165) is 31.1 Å². The zero-order valence-corrected chi connectivity index (χ0v) is 21.1. The number of carbonyl (C=O) groups excluding carboxylic acids is 1. The summed E-state index contributed by atoms with van der Waals surface area (Å²) in [6.07, 6.45) is 18.6. The summed E-state index contributed by atoms with van der Waals surface area (Å²) >= 11 is 0. The van der Waals surface area contributed by atoms with Crippen LogP contribution in [0, 0.1) is 0 Å². The molecule has 0 radical (unpaired) electrons. The molecule has 0 N–H and O–H groups in total. The number of ether oxygens (including phenoxy) is 3. The number of aryl methyl sites for hydroxylation is 1. The van der Waals surface area contributed by atoms with Crippen LogP contribution < -0.4 is 4.74 Å². The number of benzene rings is 1. The highest BCUT2D eigenvalue weighted by atomic mass is 16.8. The zero-order chi connectivity index (χ0) is 24.2. The van der Waals surface area contributed by atoms with Gasteiger partial charge in [-0.15, -0.1) is 0 Å². The molecule has 0 saturated heterocycles. The van der Waals surface area contributed by atoms with Gasteiger partial charge in [0.05, 0.1) is 0 Å². The lowest BCUT2D eigenvalue weighted by Gasteiger charge is -2.21. The third-order valence-corrected chi connectivity index (χ3v) is 5.70. The van der Waals surface area contributed by atoms with Crippen LogP contribution in [0.2, 0.25) is 0 Å². The van der Waals surface area contributed by atoms with E-state index in [1.807, 2.05) is 12.1 Å². The molecule has 0 aliphatic carbocycles. The highest BCUT2D eigenvalue weighted by Gasteiger charge is 2.15. The van der Waals surface area contributed by atoms with E-state index in [2.05, 4.69) is 39.1 Å². The smallest absolute Gasteiger partial charge is 0.337 e. The largest absolute Gasteiger partial charge is 0.455 e. The Bertz CT molecular complexity index is 650. The molecule has 4 nitrogen and oxygen atoms in total. The Labute approximate surface area is 202 Å². The van der Waals surface area contributed by atoms with Crippen LogP contribution in [0.15, 0.2) is 49.4 Å². The minimum atomic E-state index is -0.590. The summed E-state index contributed by atoms with van der Waals surface area (Å²) in [6, 6.07) is 8.24. The van der Waals surface area contributed by atoms with Gasteiger partial charge in [0.25, 0.3) is 5.95 Å². The Hall–Kier alpha value is -2.23. The number of hydrogen-bond donors (Lipinski definition) is 0. The van der Waals surface area contributed by atoms with Gasteiger partial charge in [0, 0.05) is 12.5 Å². The van der Waals surface area contributed by atoms with Gasteiger partial charge >= 0.3 is 5.97 Å². The van der Waals surface area contributed by atoms with Crippen molar-refractivity contribution in [1.82, 2.24) is 0 Å². The van der Waals surface area contributed by atoms with Crippen LogP contribution in [0.3, 0.4) is 0 Å². The van der Waals surface area contributed by atoms with Crippen molar-refractivity contribution in [2.45, 2.75) is 116 Å². The van der Waals surface area contributed by atoms with Crippen molar-refractivity contribution < 1.29 is 19.0 Å². The molecule has 33 heavy (non-hydrogen) atoms. The van der Waals surface area contributed by atoms with Gasteiger partial charge in [-0.1, -0.05) is 103 Å². The lowest BCUT2D eigenvalue weighted by Crippen LogP contribution is -2.21. The fourth-order valence-corrected chi connectivity index (χ4v) is 3.73. The second-order valence-corrected chi connectivity index (χ2v) is 8.73. The minimum absolute atomic E-state index is 0.0635. The molecule has 0 amide bonds. The quantitative estimate of drug-likeness (QED) is 0.0608. The average Bonchev–Trinajstić information content (AvgIpc) is 2.81. The summed E-state index contributed by atoms with van der Waals surface area (Å²) in [5, 5.41) is 0. The Morgan fingerprint density at radius 1 is 0.848 bits per heavy atom. The summed E-state index contributed by atoms with van der Waals surface area (Å²) in [5.41, 5.74) is 1.33. The molecule has 4 heteroatoms. The van der Waals surface area contributed by atoms with E-state index in [1.54, 1.807) is 0 Å². The minimum Gasteiger partial charge on any atom is -0.455 e. The molecule has 0 bridgehead atoms. The summed E-state index contributed by atoms with van der Waals surface area (Å²) in [5.74, 6) is 0.0941. The van der Waals surface area contributed by atoms with Crippen molar-refractivity contribution in [2.75, 3.05) is 0 Å². The lowest BCUT2D eigenvalue weighted by molar-refractivity contribution is -0.148. The molecule has 0 aliphatic rings. The van der Waals surface area contributed by atoms with Gasteiger partial charge < -0.3 is 14.2 Å². The summed E-state index contributed by atoms with van der Waals surface area (Å²) in [7, 11) is 0. The van der Waals surface area contributed by atoms with Gasteiger partial charge in [-0.25, -0.2) is 4.79 Å². The van der Waals surface area contributed by atoms with E-state index in [4.69, 9.17) is 14.2 Å². The van der Waals surface area contributed by atoms with Crippen LogP contribution in [0.25, 0.3) is 0 Å². The maximum absolute atomic E-state index is 11.4. The summed E-state index contributed by atoms with van der Waals surface area (Å²) in [6.45, 7) is 11.5. The van der Waals surface area contributed by atoms with Gasteiger partial charge in [-0.05, 0) is 43.5 Å². The van der Waals surface area contributed by atoms with E-state index in [0.29, 0.717) is 6.42 Å². The van der Waals surface area contributed by atoms with Crippen molar-refractivity contribution in [3.63, 3.8) is 0 Å². The van der Waals surface area contributed by atoms with Crippen LogP contribution in [-0.4, -0.2) is 12.3 Å². The summed E-state index contributed by atoms with van der Waals surface area (Å²) < 4.78 is 16.7. The fraction of sp³-hybridized carbons (Fsp3) is 0.621. The first-order valence-corrected chi connectivity index (χ1v) is 13.0. The molecule has 0 fully saturated rings. The molecule has 0 saturated carbocycles. The standard InChI is InChI=1S/C29H46O4/c1-5-8-10-12-14-15-17-19-26-21-23-27(24-22-26)33-29(20-18-16-13-11-9-6-2)32-25(4)31-28(30)7-3/h7,21-24,29H,3-6,8-20H2,1-2H3. The molecular weight excluding hydrogens is 412 g/mol. The first kappa shape index (κ1) is 28.8. The zero-order valence-electron chi connectivity index (χ0n) is 21.1. The monoisotopic (exact) mass is 458 g/mol. The van der Waals surface area contributed by atoms with Gasteiger partial charge in [0.2, 0.25) is 6.29 Å². The average molecular weight is 459 g/mol. The van der Waals surface area contributed by atoms with Crippen LogP contribution in [0.5, 0.6) is 5.75 Å². The summed E-state index contributed by atoms with van der Waals surface area (Å²) in [4.78, 5) is 11.4. The maximum atomic E-state index is 11.4. The third kappa shape index (κ3) is 15.3. The Morgan fingerprint density at radius 3 is 1.97 bits per heavy atom. The highest BCUT2D eigenvalue weighted by Crippen LogP contribution is 2.21. The van der Waals surface area contributed by atoms with Crippen LogP contribution in [-0.2, 0) is 20.7 Å². The highest BCUT2D eigenvalue weighted by molar-refractivity contribution is 5.81. The normalized spacial score (nSPS) is 11.6. The topological polar surface area (TPSA) is 44.8 Å². The van der Waals surface area contributed by atoms with Crippen LogP contribution in [0.1, 0.15) is 109 Å². The molecule has 0 spiro atoms. The van der Waals surface area contributed by atoms with E-state index in [1.165, 1.54) is 76.2 Å². The third-order valence-electron chi connectivity index (χ3n) is 5.70. The van der Waals surface area contributed by atoms with E-state index in [9.17, 15) is 4.79 Å². The molecule has 0 aromatic heterocycles. The lowest BCUT2D eigenvalue weighted by atomic mass is 10.0. The second-order valence-electron chi connectivity index (χ2n) is 8.73. The fourth-order valence-electron chi connectivity index (χ4n) is 3.73. The Kier molecular flexibility index (Phi) is 16.8. The molecule has 1 unspecified atom stereocenters.